The molecule has 0 bridgehead atoms. The number of carbonyl (C=O) groups excluding carboxylic acids is 1. The van der Waals surface area contributed by atoms with Crippen molar-refractivity contribution < 1.29 is 26.7 Å². The van der Waals surface area contributed by atoms with Crippen LogP contribution in [0.3, 0.4) is 0 Å². The molecule has 6 nitrogen and oxygen atoms in total. The summed E-state index contributed by atoms with van der Waals surface area (Å²) >= 11 is 0. The number of alkyl halides is 4. The second-order valence-corrected chi connectivity index (χ2v) is 11.5. The number of nitrogens with zero attached hydrogens (tertiary/aromatic N) is 5. The summed E-state index contributed by atoms with van der Waals surface area (Å²) in [5.74, 6) is -1.93. The Balaban J connectivity index is 1.90. The molecular formula is C29H40F5N5O. The van der Waals surface area contributed by atoms with Gasteiger partial charge in [0.2, 0.25) is 5.96 Å². The Morgan fingerprint density at radius 2 is 1.93 bits per heavy atom. The molecule has 1 aromatic rings. The van der Waals surface area contributed by atoms with Gasteiger partial charge < -0.3 is 4.57 Å². The summed E-state index contributed by atoms with van der Waals surface area (Å²) in [6.07, 6.45) is -0.389. The van der Waals surface area contributed by atoms with Crippen LogP contribution in [0.1, 0.15) is 89.0 Å². The molecule has 1 amide bonds. The van der Waals surface area contributed by atoms with Crippen LogP contribution in [0.15, 0.2) is 28.5 Å². The third kappa shape index (κ3) is 5.70. The Morgan fingerprint density at radius 1 is 1.20 bits per heavy atom. The molecule has 2 aliphatic heterocycles. The summed E-state index contributed by atoms with van der Waals surface area (Å²) < 4.78 is 72.1. The quantitative estimate of drug-likeness (QED) is 0.234. The van der Waals surface area contributed by atoms with Gasteiger partial charge in [0.1, 0.15) is 24.1 Å². The first kappa shape index (κ1) is 30.2. The number of guanidine groups is 1. The van der Waals surface area contributed by atoms with Crippen LogP contribution in [0.2, 0.25) is 0 Å². The van der Waals surface area contributed by atoms with Crippen LogP contribution in [0.4, 0.5) is 27.8 Å². The van der Waals surface area contributed by atoms with Gasteiger partial charge in [0.15, 0.2) is 5.69 Å². The van der Waals surface area contributed by atoms with Crippen molar-refractivity contribution in [3.63, 3.8) is 0 Å². The molecular weight excluding hydrogens is 529 g/mol. The average Bonchev–Trinajstić information content (AvgIpc) is 3.49. The molecule has 1 saturated carbocycles. The van der Waals surface area contributed by atoms with Gasteiger partial charge in [-0.15, -0.1) is 0 Å². The van der Waals surface area contributed by atoms with Crippen molar-refractivity contribution in [3.8, 4) is 0 Å². The van der Waals surface area contributed by atoms with E-state index in [1.54, 1.807) is 16.4 Å². The molecule has 4 rings (SSSR count). The van der Waals surface area contributed by atoms with Crippen molar-refractivity contribution in [2.75, 3.05) is 24.7 Å². The van der Waals surface area contributed by atoms with Crippen molar-refractivity contribution in [2.24, 2.45) is 22.7 Å². The number of allylic oxidation sites excluding steroid dienone is 4. The molecule has 3 aliphatic rings. The van der Waals surface area contributed by atoms with E-state index in [2.05, 4.69) is 0 Å². The SMILES string of the molecule is CCC/C(F)=C(\C=C/CF)Cn1c(C2CCC(C)C(C(F)(F)F)C2)nc2c1N1C[C@@H](C(C)C)N=C1N(CC)C2=O. The Morgan fingerprint density at radius 3 is 2.52 bits per heavy atom. The molecule has 11 heteroatoms. The van der Waals surface area contributed by atoms with Crippen LogP contribution in [-0.2, 0) is 6.54 Å². The number of rotatable bonds is 9. The van der Waals surface area contributed by atoms with Crippen molar-refractivity contribution in [3.05, 3.63) is 35.1 Å². The van der Waals surface area contributed by atoms with Crippen molar-refractivity contribution >= 4 is 17.7 Å². The molecule has 0 aromatic carbocycles. The molecule has 4 atom stereocenters. The highest BCUT2D eigenvalue weighted by Gasteiger charge is 2.49. The van der Waals surface area contributed by atoms with Gasteiger partial charge in [0, 0.05) is 18.0 Å². The van der Waals surface area contributed by atoms with Crippen LogP contribution in [0, 0.1) is 17.8 Å². The van der Waals surface area contributed by atoms with E-state index in [0.717, 1.165) is 0 Å². The summed E-state index contributed by atoms with van der Waals surface area (Å²) in [6.45, 7) is 9.34. The van der Waals surface area contributed by atoms with Crippen LogP contribution in [0.5, 0.6) is 0 Å². The zero-order valence-corrected chi connectivity index (χ0v) is 23.9. The smallest absolute Gasteiger partial charge is 0.309 e. The standard InChI is InChI=1S/C29H40F5N5O/c1-6-9-22(31)20(10-8-13-30)15-38-25(19-12-11-18(5)21(14-19)29(32,33)34)36-24-26(38)39-16-23(17(3)4)35-28(39)37(7-2)27(24)40/h8,10,17-19,21,23H,6-7,9,11-16H2,1-5H3/b10-8-,22-20-/t18?,19?,21?,23-/m0/s1. The first-order chi connectivity index (χ1) is 18.9. The number of aromatic nitrogens is 2. The molecule has 1 fully saturated rings. The van der Waals surface area contributed by atoms with E-state index in [1.807, 2.05) is 32.6 Å². The van der Waals surface area contributed by atoms with Crippen LogP contribution >= 0.6 is 0 Å². The third-order valence-corrected chi connectivity index (χ3v) is 8.43. The van der Waals surface area contributed by atoms with Crippen LogP contribution < -0.4 is 4.90 Å². The number of hydrogen-bond donors (Lipinski definition) is 0. The molecule has 3 unspecified atom stereocenters. The van der Waals surface area contributed by atoms with Crippen molar-refractivity contribution in [2.45, 2.75) is 91.4 Å². The fourth-order valence-electron chi connectivity index (χ4n) is 6.11. The summed E-state index contributed by atoms with van der Waals surface area (Å²) in [5.41, 5.74) is 0.369. The number of imidazole rings is 1. The minimum absolute atomic E-state index is 0.0712. The maximum atomic E-state index is 15.3. The topological polar surface area (TPSA) is 53.7 Å². The molecule has 40 heavy (non-hydrogen) atoms. The van der Waals surface area contributed by atoms with Gasteiger partial charge in [-0.2, -0.15) is 13.2 Å². The second-order valence-electron chi connectivity index (χ2n) is 11.5. The van der Waals surface area contributed by atoms with Gasteiger partial charge in [0.05, 0.1) is 25.0 Å². The molecule has 1 aromatic heterocycles. The lowest BCUT2D eigenvalue weighted by Crippen LogP contribution is -2.50. The summed E-state index contributed by atoms with van der Waals surface area (Å²) in [7, 11) is 0. The van der Waals surface area contributed by atoms with Gasteiger partial charge >= 0.3 is 6.18 Å². The Kier molecular flexibility index (Phi) is 9.09. The zero-order chi connectivity index (χ0) is 29.4. The van der Waals surface area contributed by atoms with E-state index in [0.29, 0.717) is 50.0 Å². The number of carbonyl (C=O) groups is 1. The van der Waals surface area contributed by atoms with E-state index >= 15 is 4.39 Å². The predicted molar refractivity (Wildman–Crippen MR) is 146 cm³/mol. The number of aliphatic imine (C=N–C) groups is 1. The van der Waals surface area contributed by atoms with E-state index in [4.69, 9.17) is 9.98 Å². The zero-order valence-electron chi connectivity index (χ0n) is 23.9. The summed E-state index contributed by atoms with van der Waals surface area (Å²) in [4.78, 5) is 26.7. The normalized spacial score (nSPS) is 26.0. The number of hydrogen-bond acceptors (Lipinski definition) is 4. The van der Waals surface area contributed by atoms with Gasteiger partial charge in [-0.05, 0) is 50.9 Å². The lowest BCUT2D eigenvalue weighted by atomic mass is 9.74. The molecule has 1 aliphatic carbocycles. The minimum Gasteiger partial charge on any atom is -0.309 e. The molecule has 0 saturated heterocycles. The fraction of sp³-hybridized carbons (Fsp3) is 0.690. The van der Waals surface area contributed by atoms with E-state index in [9.17, 15) is 22.4 Å². The average molecular weight is 570 g/mol. The first-order valence-corrected chi connectivity index (χ1v) is 14.4. The van der Waals surface area contributed by atoms with E-state index in [-0.39, 0.29) is 48.5 Å². The molecule has 3 heterocycles. The number of anilines is 1. The van der Waals surface area contributed by atoms with Crippen LogP contribution in [0.25, 0.3) is 0 Å². The highest BCUT2D eigenvalue weighted by atomic mass is 19.4. The maximum Gasteiger partial charge on any atom is 0.392 e. The maximum absolute atomic E-state index is 15.3. The largest absolute Gasteiger partial charge is 0.392 e. The molecule has 0 spiro atoms. The monoisotopic (exact) mass is 569 g/mol. The third-order valence-electron chi connectivity index (χ3n) is 8.43. The molecule has 222 valence electrons. The second kappa shape index (κ2) is 12.0. The summed E-state index contributed by atoms with van der Waals surface area (Å²) in [6, 6.07) is -0.0991. The summed E-state index contributed by atoms with van der Waals surface area (Å²) in [5, 5.41) is 0. The number of amides is 1. The molecule has 0 N–H and O–H groups in total. The van der Waals surface area contributed by atoms with E-state index in [1.165, 1.54) is 12.2 Å². The van der Waals surface area contributed by atoms with Gasteiger partial charge in [-0.1, -0.05) is 39.8 Å². The van der Waals surface area contributed by atoms with Crippen LogP contribution in [-0.4, -0.2) is 58.3 Å². The van der Waals surface area contributed by atoms with Gasteiger partial charge in [-0.25, -0.2) is 18.8 Å². The Labute approximate surface area is 233 Å². The van der Waals surface area contributed by atoms with Crippen molar-refractivity contribution in [1.29, 1.82) is 0 Å². The first-order valence-electron chi connectivity index (χ1n) is 14.4. The number of fused-ring (bicyclic) bond motifs is 3. The lowest BCUT2D eigenvalue weighted by Gasteiger charge is -2.36. The predicted octanol–water partition coefficient (Wildman–Crippen LogP) is 7.19. The minimum atomic E-state index is -4.36. The van der Waals surface area contributed by atoms with Gasteiger partial charge in [0.25, 0.3) is 5.91 Å². The number of halogens is 5. The Hall–Kier alpha value is -2.72. The van der Waals surface area contributed by atoms with Gasteiger partial charge in [-0.3, -0.25) is 14.6 Å². The highest BCUT2D eigenvalue weighted by Crippen LogP contribution is 2.48. The Bertz CT molecular complexity index is 1180. The van der Waals surface area contributed by atoms with Crippen molar-refractivity contribution in [1.82, 2.24) is 14.5 Å². The van der Waals surface area contributed by atoms with E-state index < -0.39 is 36.4 Å². The molecule has 0 radical (unpaired) electrons. The lowest BCUT2D eigenvalue weighted by molar-refractivity contribution is -0.196. The fourth-order valence-corrected chi connectivity index (χ4v) is 6.11. The highest BCUT2D eigenvalue weighted by molar-refractivity contribution is 6.18.